The molecule has 0 fully saturated rings. The summed E-state index contributed by atoms with van der Waals surface area (Å²) in [6, 6.07) is 11.1. The van der Waals surface area contributed by atoms with Crippen molar-refractivity contribution in [1.29, 1.82) is 0 Å². The minimum Gasteiger partial charge on any atom is -0.306 e. The molecule has 19 heavy (non-hydrogen) atoms. The van der Waals surface area contributed by atoms with Gasteiger partial charge in [0.15, 0.2) is 0 Å². The fourth-order valence-corrected chi connectivity index (χ4v) is 1.91. The molecule has 0 aliphatic carbocycles. The van der Waals surface area contributed by atoms with Gasteiger partial charge in [-0.05, 0) is 42.3 Å². The Hall–Kier alpha value is -1.45. The van der Waals surface area contributed by atoms with Crippen molar-refractivity contribution in [1.82, 2.24) is 5.32 Å². The van der Waals surface area contributed by atoms with Crippen molar-refractivity contribution in [2.75, 3.05) is 0 Å². The first-order valence-electron chi connectivity index (χ1n) is 5.99. The highest BCUT2D eigenvalue weighted by atomic mass is 35.5. The number of hydrogen-bond acceptors (Lipinski definition) is 1. The van der Waals surface area contributed by atoms with Crippen LogP contribution in [0.1, 0.15) is 24.1 Å². The molecule has 1 N–H and O–H groups in total. The monoisotopic (exact) mass is 281 g/mol. The van der Waals surface area contributed by atoms with Gasteiger partial charge in [-0.15, -0.1) is 0 Å². The molecular formula is C15H14ClF2N. The Balaban J connectivity index is 1.98. The molecule has 1 nitrogen and oxygen atoms in total. The lowest BCUT2D eigenvalue weighted by atomic mass is 10.1. The van der Waals surface area contributed by atoms with Gasteiger partial charge in [-0.2, -0.15) is 0 Å². The summed E-state index contributed by atoms with van der Waals surface area (Å²) in [5, 5.41) is 3.37. The summed E-state index contributed by atoms with van der Waals surface area (Å²) < 4.78 is 26.1. The van der Waals surface area contributed by atoms with Gasteiger partial charge in [-0.25, -0.2) is 8.78 Å². The zero-order valence-electron chi connectivity index (χ0n) is 10.5. The molecule has 1 atom stereocenters. The molecule has 0 amide bonds. The van der Waals surface area contributed by atoms with E-state index < -0.39 is 5.82 Å². The van der Waals surface area contributed by atoms with Gasteiger partial charge in [-0.3, -0.25) is 0 Å². The minimum atomic E-state index is -0.421. The van der Waals surface area contributed by atoms with Crippen molar-refractivity contribution in [2.45, 2.75) is 19.5 Å². The fraction of sp³-hybridized carbons (Fsp3) is 0.200. The lowest BCUT2D eigenvalue weighted by molar-refractivity contribution is 0.566. The first kappa shape index (κ1) is 14.0. The van der Waals surface area contributed by atoms with Crippen LogP contribution >= 0.6 is 11.6 Å². The van der Waals surface area contributed by atoms with Gasteiger partial charge in [0.1, 0.15) is 11.6 Å². The van der Waals surface area contributed by atoms with Crippen molar-refractivity contribution in [2.24, 2.45) is 0 Å². The highest BCUT2D eigenvalue weighted by molar-refractivity contribution is 6.30. The number of hydrogen-bond donors (Lipinski definition) is 1. The third-order valence-corrected chi connectivity index (χ3v) is 3.27. The maximum Gasteiger partial charge on any atom is 0.142 e. The lowest BCUT2D eigenvalue weighted by Gasteiger charge is -2.14. The molecule has 0 spiro atoms. The summed E-state index contributed by atoms with van der Waals surface area (Å²) in [6.07, 6.45) is 0. The van der Waals surface area contributed by atoms with Gasteiger partial charge in [0, 0.05) is 12.6 Å². The summed E-state index contributed by atoms with van der Waals surface area (Å²) in [5.41, 5.74) is 1.80. The molecule has 2 rings (SSSR count). The molecule has 0 saturated heterocycles. The standard InChI is InChI=1S/C15H14ClF2N/c1-10(12-3-5-13(17)6-4-12)19-9-11-2-7-14(16)15(18)8-11/h2-8,10,19H,9H2,1H3/t10-/m1/s1. The van der Waals surface area contributed by atoms with Gasteiger partial charge in [0.25, 0.3) is 0 Å². The van der Waals surface area contributed by atoms with Crippen molar-refractivity contribution < 1.29 is 8.78 Å². The van der Waals surface area contributed by atoms with E-state index in [1.54, 1.807) is 18.2 Å². The summed E-state index contributed by atoms with van der Waals surface area (Å²) in [7, 11) is 0. The normalized spacial score (nSPS) is 12.4. The van der Waals surface area contributed by atoms with Crippen LogP contribution in [0.2, 0.25) is 5.02 Å². The molecule has 0 aliphatic heterocycles. The van der Waals surface area contributed by atoms with Crippen molar-refractivity contribution in [3.05, 3.63) is 70.2 Å². The molecule has 0 saturated carbocycles. The van der Waals surface area contributed by atoms with Crippen LogP contribution in [0.25, 0.3) is 0 Å². The van der Waals surface area contributed by atoms with Gasteiger partial charge in [-0.1, -0.05) is 29.8 Å². The molecular weight excluding hydrogens is 268 g/mol. The number of benzene rings is 2. The maximum atomic E-state index is 13.3. The van der Waals surface area contributed by atoms with E-state index in [1.165, 1.54) is 24.3 Å². The molecule has 0 aromatic heterocycles. The van der Waals surface area contributed by atoms with Crippen LogP contribution in [-0.4, -0.2) is 0 Å². The van der Waals surface area contributed by atoms with Crippen molar-refractivity contribution in [3.63, 3.8) is 0 Å². The second kappa shape index (κ2) is 6.13. The summed E-state index contributed by atoms with van der Waals surface area (Å²) in [4.78, 5) is 0. The Morgan fingerprint density at radius 2 is 1.79 bits per heavy atom. The average Bonchev–Trinajstić information content (AvgIpc) is 2.40. The highest BCUT2D eigenvalue weighted by Gasteiger charge is 2.06. The summed E-state index contributed by atoms with van der Waals surface area (Å²) in [5.74, 6) is -0.675. The summed E-state index contributed by atoms with van der Waals surface area (Å²) >= 11 is 5.62. The molecule has 2 aromatic carbocycles. The molecule has 0 heterocycles. The molecule has 0 aliphatic rings. The van der Waals surface area contributed by atoms with Crippen LogP contribution in [0.5, 0.6) is 0 Å². The molecule has 4 heteroatoms. The maximum absolute atomic E-state index is 13.3. The Morgan fingerprint density at radius 1 is 1.11 bits per heavy atom. The second-order valence-corrected chi connectivity index (χ2v) is 4.81. The SMILES string of the molecule is C[C@@H](NCc1ccc(Cl)c(F)c1)c1ccc(F)cc1. The van der Waals surface area contributed by atoms with E-state index in [4.69, 9.17) is 11.6 Å². The van der Waals surface area contributed by atoms with E-state index >= 15 is 0 Å². The Morgan fingerprint density at radius 3 is 2.42 bits per heavy atom. The average molecular weight is 282 g/mol. The topological polar surface area (TPSA) is 12.0 Å². The van der Waals surface area contributed by atoms with Crippen LogP contribution in [0.15, 0.2) is 42.5 Å². The van der Waals surface area contributed by atoms with Crippen LogP contribution in [-0.2, 0) is 6.54 Å². The number of halogens is 3. The Bertz CT molecular complexity index is 555. The first-order chi connectivity index (χ1) is 9.06. The summed E-state index contributed by atoms with van der Waals surface area (Å²) in [6.45, 7) is 2.49. The van der Waals surface area contributed by atoms with E-state index in [0.717, 1.165) is 11.1 Å². The smallest absolute Gasteiger partial charge is 0.142 e. The van der Waals surface area contributed by atoms with Crippen LogP contribution < -0.4 is 5.32 Å². The van der Waals surface area contributed by atoms with E-state index in [2.05, 4.69) is 5.32 Å². The van der Waals surface area contributed by atoms with E-state index in [9.17, 15) is 8.78 Å². The Kier molecular flexibility index (Phi) is 4.51. The van der Waals surface area contributed by atoms with Gasteiger partial charge >= 0.3 is 0 Å². The van der Waals surface area contributed by atoms with Crippen molar-refractivity contribution >= 4 is 11.6 Å². The third-order valence-electron chi connectivity index (χ3n) is 2.97. The van der Waals surface area contributed by atoms with Crippen LogP contribution in [0, 0.1) is 11.6 Å². The molecule has 0 radical (unpaired) electrons. The Labute approximate surface area is 116 Å². The molecule has 2 aromatic rings. The fourth-order valence-electron chi connectivity index (χ4n) is 1.79. The quantitative estimate of drug-likeness (QED) is 0.872. The van der Waals surface area contributed by atoms with E-state index in [0.29, 0.717) is 6.54 Å². The molecule has 0 unspecified atom stereocenters. The zero-order chi connectivity index (χ0) is 13.8. The first-order valence-corrected chi connectivity index (χ1v) is 6.37. The predicted octanol–water partition coefficient (Wildman–Crippen LogP) is 4.47. The van der Waals surface area contributed by atoms with Gasteiger partial charge in [0.2, 0.25) is 0 Å². The van der Waals surface area contributed by atoms with Gasteiger partial charge in [0.05, 0.1) is 5.02 Å². The predicted molar refractivity (Wildman–Crippen MR) is 73.1 cm³/mol. The van der Waals surface area contributed by atoms with E-state index in [-0.39, 0.29) is 16.9 Å². The third kappa shape index (κ3) is 3.75. The van der Waals surface area contributed by atoms with Crippen LogP contribution in [0.3, 0.4) is 0 Å². The van der Waals surface area contributed by atoms with Crippen molar-refractivity contribution in [3.8, 4) is 0 Å². The van der Waals surface area contributed by atoms with Crippen LogP contribution in [0.4, 0.5) is 8.78 Å². The largest absolute Gasteiger partial charge is 0.306 e. The lowest BCUT2D eigenvalue weighted by Crippen LogP contribution is -2.18. The number of rotatable bonds is 4. The molecule has 100 valence electrons. The highest BCUT2D eigenvalue weighted by Crippen LogP contribution is 2.17. The zero-order valence-corrected chi connectivity index (χ0v) is 11.2. The number of nitrogens with one attached hydrogen (secondary N) is 1. The van der Waals surface area contributed by atoms with Gasteiger partial charge < -0.3 is 5.32 Å². The second-order valence-electron chi connectivity index (χ2n) is 4.40. The van der Waals surface area contributed by atoms with E-state index in [1.807, 2.05) is 6.92 Å². The molecule has 0 bridgehead atoms. The minimum absolute atomic E-state index is 0.0549.